The molecule has 1 aliphatic heterocycles. The van der Waals surface area contributed by atoms with E-state index < -0.39 is 11.6 Å². The van der Waals surface area contributed by atoms with E-state index in [0.29, 0.717) is 16.8 Å². The van der Waals surface area contributed by atoms with Gasteiger partial charge in [-0.05, 0) is 18.2 Å². The summed E-state index contributed by atoms with van der Waals surface area (Å²) >= 11 is 1.31. The number of fused-ring (bicyclic) bond motifs is 1. The predicted octanol–water partition coefficient (Wildman–Crippen LogP) is 3.13. The van der Waals surface area contributed by atoms with E-state index in [1.54, 1.807) is 12.1 Å². The zero-order valence-corrected chi connectivity index (χ0v) is 16.0. The van der Waals surface area contributed by atoms with E-state index in [-0.39, 0.29) is 11.4 Å². The number of amides is 1. The number of carbonyl (C=O) groups excluding carboxylic acids is 1. The van der Waals surface area contributed by atoms with Crippen molar-refractivity contribution < 1.29 is 13.6 Å². The molecule has 146 valence electrons. The third-order valence-corrected chi connectivity index (χ3v) is 5.86. The number of nitrogens with zero attached hydrogens (tertiary/aromatic N) is 3. The highest BCUT2D eigenvalue weighted by Gasteiger charge is 2.21. The number of thiazole rings is 1. The highest BCUT2D eigenvalue weighted by atomic mass is 32.1. The first-order valence-electron chi connectivity index (χ1n) is 9.16. The lowest BCUT2D eigenvalue weighted by Gasteiger charge is -2.34. The maximum atomic E-state index is 13.9. The third-order valence-electron chi connectivity index (χ3n) is 4.79. The second kappa shape index (κ2) is 8.20. The lowest BCUT2D eigenvalue weighted by Crippen LogP contribution is -2.48. The van der Waals surface area contributed by atoms with Crippen LogP contribution in [0.15, 0.2) is 42.5 Å². The number of halogens is 2. The van der Waals surface area contributed by atoms with E-state index in [9.17, 15) is 13.6 Å². The summed E-state index contributed by atoms with van der Waals surface area (Å²) in [5.41, 5.74) is 0.888. The van der Waals surface area contributed by atoms with E-state index in [4.69, 9.17) is 0 Å². The van der Waals surface area contributed by atoms with Gasteiger partial charge in [-0.15, -0.1) is 0 Å². The van der Waals surface area contributed by atoms with Crippen LogP contribution in [-0.2, 0) is 0 Å². The minimum absolute atomic E-state index is 0.0667. The van der Waals surface area contributed by atoms with Gasteiger partial charge in [0.25, 0.3) is 5.91 Å². The third kappa shape index (κ3) is 4.13. The Morgan fingerprint density at radius 1 is 1.11 bits per heavy atom. The van der Waals surface area contributed by atoms with Crippen molar-refractivity contribution in [3.8, 4) is 0 Å². The number of rotatable bonds is 5. The minimum Gasteiger partial charge on any atom is -0.351 e. The minimum atomic E-state index is -0.620. The molecular formula is C20H20F2N4OS. The molecule has 1 N–H and O–H groups in total. The molecule has 1 fully saturated rings. The molecule has 0 atom stereocenters. The first-order chi connectivity index (χ1) is 13.6. The fraction of sp³-hybridized carbons (Fsp3) is 0.300. The first-order valence-corrected chi connectivity index (χ1v) is 9.98. The molecule has 4 rings (SSSR count). The summed E-state index contributed by atoms with van der Waals surface area (Å²) in [6.45, 7) is 4.53. The highest BCUT2D eigenvalue weighted by Crippen LogP contribution is 2.31. The van der Waals surface area contributed by atoms with Crippen molar-refractivity contribution in [2.24, 2.45) is 0 Å². The molecule has 0 unspecified atom stereocenters. The second-order valence-corrected chi connectivity index (χ2v) is 7.69. The van der Waals surface area contributed by atoms with Gasteiger partial charge in [-0.25, -0.2) is 13.8 Å². The van der Waals surface area contributed by atoms with Crippen LogP contribution in [0.5, 0.6) is 0 Å². The molecule has 0 aliphatic carbocycles. The smallest absolute Gasteiger partial charge is 0.251 e. The molecule has 2 aromatic carbocycles. The van der Waals surface area contributed by atoms with Crippen LogP contribution in [0.3, 0.4) is 0 Å². The second-order valence-electron chi connectivity index (χ2n) is 6.68. The average molecular weight is 402 g/mol. The van der Waals surface area contributed by atoms with Gasteiger partial charge in [0.15, 0.2) is 10.9 Å². The van der Waals surface area contributed by atoms with Crippen molar-refractivity contribution in [3.05, 3.63) is 59.7 Å². The SMILES string of the molecule is O=C(NCCN1CCN(c2nc3c(F)cc(F)cc3s2)CC1)c1ccccc1. The molecule has 3 aromatic rings. The maximum Gasteiger partial charge on any atom is 0.251 e. The largest absolute Gasteiger partial charge is 0.351 e. The van der Waals surface area contributed by atoms with Gasteiger partial charge in [0.1, 0.15) is 11.3 Å². The molecule has 8 heteroatoms. The summed E-state index contributed by atoms with van der Waals surface area (Å²) in [6.07, 6.45) is 0. The Labute approximate surface area is 165 Å². The molecule has 0 radical (unpaired) electrons. The highest BCUT2D eigenvalue weighted by molar-refractivity contribution is 7.22. The molecule has 0 spiro atoms. The summed E-state index contributed by atoms with van der Waals surface area (Å²) in [5.74, 6) is -1.27. The molecular weight excluding hydrogens is 382 g/mol. The zero-order chi connectivity index (χ0) is 19.5. The van der Waals surface area contributed by atoms with Gasteiger partial charge in [-0.2, -0.15) is 0 Å². The zero-order valence-electron chi connectivity index (χ0n) is 15.2. The summed E-state index contributed by atoms with van der Waals surface area (Å²) in [6, 6.07) is 11.3. The Balaban J connectivity index is 1.28. The van der Waals surface area contributed by atoms with E-state index in [0.717, 1.165) is 43.9 Å². The Hall–Kier alpha value is -2.58. The van der Waals surface area contributed by atoms with E-state index in [2.05, 4.69) is 20.1 Å². The van der Waals surface area contributed by atoms with Crippen LogP contribution in [0.1, 0.15) is 10.4 Å². The number of benzene rings is 2. The first kappa shape index (κ1) is 18.8. The van der Waals surface area contributed by atoms with Crippen molar-refractivity contribution in [2.45, 2.75) is 0 Å². The molecule has 5 nitrogen and oxygen atoms in total. The average Bonchev–Trinajstić information content (AvgIpc) is 3.13. The monoisotopic (exact) mass is 402 g/mol. The van der Waals surface area contributed by atoms with Crippen molar-refractivity contribution in [2.75, 3.05) is 44.2 Å². The number of carbonyl (C=O) groups is 1. The van der Waals surface area contributed by atoms with Crippen molar-refractivity contribution in [3.63, 3.8) is 0 Å². The molecule has 2 heterocycles. The number of piperazine rings is 1. The molecule has 0 saturated carbocycles. The molecule has 1 aromatic heterocycles. The van der Waals surface area contributed by atoms with Crippen LogP contribution in [0.4, 0.5) is 13.9 Å². The summed E-state index contributed by atoms with van der Waals surface area (Å²) in [4.78, 5) is 20.8. The van der Waals surface area contributed by atoms with Gasteiger partial charge in [0, 0.05) is 50.9 Å². The number of hydrogen-bond acceptors (Lipinski definition) is 5. The van der Waals surface area contributed by atoms with E-state index in [1.807, 2.05) is 18.2 Å². The number of hydrogen-bond donors (Lipinski definition) is 1. The van der Waals surface area contributed by atoms with Crippen LogP contribution < -0.4 is 10.2 Å². The van der Waals surface area contributed by atoms with Gasteiger partial charge in [-0.1, -0.05) is 29.5 Å². The van der Waals surface area contributed by atoms with Crippen LogP contribution in [0, 0.1) is 11.6 Å². The fourth-order valence-electron chi connectivity index (χ4n) is 3.26. The Morgan fingerprint density at radius 3 is 2.61 bits per heavy atom. The summed E-state index contributed by atoms with van der Waals surface area (Å²) in [7, 11) is 0. The van der Waals surface area contributed by atoms with Gasteiger partial charge in [0.2, 0.25) is 0 Å². The number of aromatic nitrogens is 1. The molecule has 1 aliphatic rings. The van der Waals surface area contributed by atoms with Gasteiger partial charge in [0.05, 0.1) is 4.70 Å². The van der Waals surface area contributed by atoms with Crippen molar-refractivity contribution in [1.29, 1.82) is 0 Å². The number of anilines is 1. The quantitative estimate of drug-likeness (QED) is 0.713. The summed E-state index contributed by atoms with van der Waals surface area (Å²) in [5, 5.41) is 3.66. The molecule has 0 bridgehead atoms. The Kier molecular flexibility index (Phi) is 5.50. The Bertz CT molecular complexity index is 971. The van der Waals surface area contributed by atoms with Gasteiger partial charge < -0.3 is 10.2 Å². The lowest BCUT2D eigenvalue weighted by molar-refractivity contribution is 0.0948. The van der Waals surface area contributed by atoms with E-state index in [1.165, 1.54) is 17.4 Å². The summed E-state index contributed by atoms with van der Waals surface area (Å²) < 4.78 is 27.8. The molecule has 1 amide bonds. The standard InChI is InChI=1S/C20H20F2N4OS/c21-15-12-16(22)18-17(13-15)28-20(24-18)26-10-8-25(9-11-26)7-6-23-19(27)14-4-2-1-3-5-14/h1-5,12-13H,6-11H2,(H,23,27). The predicted molar refractivity (Wildman–Crippen MR) is 107 cm³/mol. The normalized spacial score (nSPS) is 15.1. The number of nitrogens with one attached hydrogen (secondary N) is 1. The lowest BCUT2D eigenvalue weighted by atomic mass is 10.2. The Morgan fingerprint density at radius 2 is 1.86 bits per heavy atom. The maximum absolute atomic E-state index is 13.9. The van der Waals surface area contributed by atoms with Crippen LogP contribution in [0.25, 0.3) is 10.2 Å². The van der Waals surface area contributed by atoms with E-state index >= 15 is 0 Å². The van der Waals surface area contributed by atoms with Crippen LogP contribution >= 0.6 is 11.3 Å². The molecule has 28 heavy (non-hydrogen) atoms. The topological polar surface area (TPSA) is 48.5 Å². The molecule has 1 saturated heterocycles. The van der Waals surface area contributed by atoms with Crippen LogP contribution in [-0.4, -0.2) is 55.1 Å². The van der Waals surface area contributed by atoms with Crippen LogP contribution in [0.2, 0.25) is 0 Å². The van der Waals surface area contributed by atoms with Gasteiger partial charge >= 0.3 is 0 Å². The van der Waals surface area contributed by atoms with Crippen molar-refractivity contribution in [1.82, 2.24) is 15.2 Å². The fourth-order valence-corrected chi connectivity index (χ4v) is 4.32. The van der Waals surface area contributed by atoms with Crippen molar-refractivity contribution >= 4 is 32.6 Å². The van der Waals surface area contributed by atoms with Gasteiger partial charge in [-0.3, -0.25) is 9.69 Å².